The van der Waals surface area contributed by atoms with E-state index in [2.05, 4.69) is 11.4 Å². The van der Waals surface area contributed by atoms with Crippen molar-refractivity contribution in [2.75, 3.05) is 0 Å². The quantitative estimate of drug-likeness (QED) is 0.828. The average Bonchev–Trinajstić information content (AvgIpc) is 2.81. The van der Waals surface area contributed by atoms with E-state index < -0.39 is 0 Å². The van der Waals surface area contributed by atoms with E-state index in [0.717, 1.165) is 32.1 Å². The Hall–Kier alpha value is -0.800. The van der Waals surface area contributed by atoms with Gasteiger partial charge in [0.2, 0.25) is 0 Å². The van der Waals surface area contributed by atoms with Crippen LogP contribution in [0.3, 0.4) is 0 Å². The second-order valence-electron chi connectivity index (χ2n) is 5.42. The summed E-state index contributed by atoms with van der Waals surface area (Å²) in [6, 6.07) is 3.16. The number of aliphatic hydroxyl groups is 1. The number of aliphatic hydroxyl groups excluding tert-OH is 1. The summed E-state index contributed by atoms with van der Waals surface area (Å²) < 4.78 is 5.51. The summed E-state index contributed by atoms with van der Waals surface area (Å²) >= 11 is 0. The molecular weight excluding hydrogens is 214 g/mol. The maximum atomic E-state index is 9.51. The fourth-order valence-electron chi connectivity index (χ4n) is 3.19. The predicted octanol–water partition coefficient (Wildman–Crippen LogP) is 2.55. The monoisotopic (exact) mass is 235 g/mol. The molecule has 2 aliphatic carbocycles. The maximum Gasteiger partial charge on any atom is 0.108 e. The minimum atomic E-state index is -0.0658. The van der Waals surface area contributed by atoms with E-state index in [1.54, 1.807) is 0 Å². The highest BCUT2D eigenvalue weighted by atomic mass is 16.3. The van der Waals surface area contributed by atoms with Gasteiger partial charge in [-0.25, -0.2) is 0 Å². The standard InChI is InChI=1S/C14H21NO2/c16-11-6-4-10(5-7-11)15-13-2-1-3-14-12(13)8-9-17-14/h8-11,13,15-16H,1-7H2. The minimum Gasteiger partial charge on any atom is -0.469 e. The van der Waals surface area contributed by atoms with Gasteiger partial charge < -0.3 is 14.8 Å². The maximum absolute atomic E-state index is 9.51. The number of hydrogen-bond acceptors (Lipinski definition) is 3. The van der Waals surface area contributed by atoms with Crippen LogP contribution in [0.2, 0.25) is 0 Å². The molecule has 17 heavy (non-hydrogen) atoms. The van der Waals surface area contributed by atoms with Crippen molar-refractivity contribution >= 4 is 0 Å². The Morgan fingerprint density at radius 1 is 1.18 bits per heavy atom. The molecule has 1 heterocycles. The molecule has 1 aromatic rings. The van der Waals surface area contributed by atoms with Crippen molar-refractivity contribution in [3.8, 4) is 0 Å². The Morgan fingerprint density at radius 3 is 2.82 bits per heavy atom. The number of hydrogen-bond donors (Lipinski definition) is 2. The number of aryl methyl sites for hydroxylation is 1. The Labute approximate surface area is 102 Å². The number of fused-ring (bicyclic) bond motifs is 1. The van der Waals surface area contributed by atoms with Gasteiger partial charge >= 0.3 is 0 Å². The third kappa shape index (κ3) is 2.40. The summed E-state index contributed by atoms with van der Waals surface area (Å²) in [5.74, 6) is 1.17. The highest BCUT2D eigenvalue weighted by molar-refractivity contribution is 5.24. The molecule has 3 rings (SSSR count). The van der Waals surface area contributed by atoms with E-state index in [0.29, 0.717) is 12.1 Å². The van der Waals surface area contributed by atoms with Crippen LogP contribution in [0.5, 0.6) is 0 Å². The fourth-order valence-corrected chi connectivity index (χ4v) is 3.19. The number of nitrogens with one attached hydrogen (secondary N) is 1. The smallest absolute Gasteiger partial charge is 0.108 e. The van der Waals surface area contributed by atoms with E-state index in [9.17, 15) is 5.11 Å². The Balaban J connectivity index is 1.63. The lowest BCUT2D eigenvalue weighted by Crippen LogP contribution is -2.38. The zero-order chi connectivity index (χ0) is 11.7. The molecule has 1 unspecified atom stereocenters. The van der Waals surface area contributed by atoms with E-state index >= 15 is 0 Å². The topological polar surface area (TPSA) is 45.4 Å². The third-order valence-electron chi connectivity index (χ3n) is 4.19. The van der Waals surface area contributed by atoms with E-state index in [4.69, 9.17) is 4.42 Å². The second-order valence-corrected chi connectivity index (χ2v) is 5.42. The molecule has 0 spiro atoms. The zero-order valence-electron chi connectivity index (χ0n) is 10.2. The molecule has 2 N–H and O–H groups in total. The zero-order valence-corrected chi connectivity index (χ0v) is 10.2. The van der Waals surface area contributed by atoms with Crippen molar-refractivity contribution in [3.63, 3.8) is 0 Å². The molecule has 1 aromatic heterocycles. The van der Waals surface area contributed by atoms with E-state index in [-0.39, 0.29) is 6.10 Å². The molecule has 1 fully saturated rings. The van der Waals surface area contributed by atoms with E-state index in [1.807, 2.05) is 6.26 Å². The molecule has 1 saturated carbocycles. The van der Waals surface area contributed by atoms with Crippen molar-refractivity contribution in [1.82, 2.24) is 5.32 Å². The van der Waals surface area contributed by atoms with Gasteiger partial charge in [0.25, 0.3) is 0 Å². The van der Waals surface area contributed by atoms with Gasteiger partial charge in [-0.05, 0) is 44.6 Å². The summed E-state index contributed by atoms with van der Waals surface area (Å²) in [5, 5.41) is 13.3. The molecule has 0 radical (unpaired) electrons. The minimum absolute atomic E-state index is 0.0658. The van der Waals surface area contributed by atoms with Crippen molar-refractivity contribution < 1.29 is 9.52 Å². The second kappa shape index (κ2) is 4.83. The first-order valence-corrected chi connectivity index (χ1v) is 6.83. The lowest BCUT2D eigenvalue weighted by Gasteiger charge is -2.32. The van der Waals surface area contributed by atoms with Crippen molar-refractivity contribution in [1.29, 1.82) is 0 Å². The molecule has 3 heteroatoms. The van der Waals surface area contributed by atoms with Gasteiger partial charge in [0.1, 0.15) is 5.76 Å². The van der Waals surface area contributed by atoms with Crippen molar-refractivity contribution in [2.45, 2.75) is 63.1 Å². The molecule has 1 atom stereocenters. The van der Waals surface area contributed by atoms with Crippen LogP contribution in [0.1, 0.15) is 55.9 Å². The van der Waals surface area contributed by atoms with Gasteiger partial charge in [-0.15, -0.1) is 0 Å². The van der Waals surface area contributed by atoms with Gasteiger partial charge in [-0.3, -0.25) is 0 Å². The van der Waals surface area contributed by atoms with Crippen LogP contribution in [0.25, 0.3) is 0 Å². The van der Waals surface area contributed by atoms with Crippen LogP contribution in [-0.4, -0.2) is 17.3 Å². The molecule has 94 valence electrons. The highest BCUT2D eigenvalue weighted by Gasteiger charge is 2.26. The summed E-state index contributed by atoms with van der Waals surface area (Å²) in [7, 11) is 0. The normalized spacial score (nSPS) is 33.4. The third-order valence-corrected chi connectivity index (χ3v) is 4.19. The Bertz CT molecular complexity index is 366. The van der Waals surface area contributed by atoms with Crippen molar-refractivity contribution in [2.24, 2.45) is 0 Å². The van der Waals surface area contributed by atoms with Crippen LogP contribution in [0.15, 0.2) is 16.7 Å². The number of rotatable bonds is 2. The van der Waals surface area contributed by atoms with Gasteiger partial charge in [0, 0.05) is 24.1 Å². The molecule has 0 aromatic carbocycles. The molecular formula is C14H21NO2. The average molecular weight is 235 g/mol. The van der Waals surface area contributed by atoms with Gasteiger partial charge in [0.05, 0.1) is 12.4 Å². The molecule has 0 saturated heterocycles. The first kappa shape index (κ1) is 11.3. The largest absolute Gasteiger partial charge is 0.469 e. The first-order chi connectivity index (χ1) is 8.33. The summed E-state index contributed by atoms with van der Waals surface area (Å²) in [4.78, 5) is 0. The Kier molecular flexibility index (Phi) is 3.21. The van der Waals surface area contributed by atoms with Gasteiger partial charge in [-0.1, -0.05) is 0 Å². The van der Waals surface area contributed by atoms with Gasteiger partial charge in [0.15, 0.2) is 0 Å². The molecule has 3 nitrogen and oxygen atoms in total. The lowest BCUT2D eigenvalue weighted by molar-refractivity contribution is 0.113. The molecule has 0 bridgehead atoms. The van der Waals surface area contributed by atoms with Crippen LogP contribution < -0.4 is 5.32 Å². The van der Waals surface area contributed by atoms with Crippen LogP contribution in [0.4, 0.5) is 0 Å². The summed E-state index contributed by atoms with van der Waals surface area (Å²) in [5.41, 5.74) is 1.36. The molecule has 2 aliphatic rings. The van der Waals surface area contributed by atoms with Gasteiger partial charge in [-0.2, -0.15) is 0 Å². The molecule has 0 aliphatic heterocycles. The predicted molar refractivity (Wildman–Crippen MR) is 65.8 cm³/mol. The summed E-state index contributed by atoms with van der Waals surface area (Å²) in [6.45, 7) is 0. The van der Waals surface area contributed by atoms with Crippen LogP contribution in [0, 0.1) is 0 Å². The fraction of sp³-hybridized carbons (Fsp3) is 0.714. The number of furan rings is 1. The SMILES string of the molecule is OC1CCC(NC2CCCc3occc32)CC1. The molecule has 0 amide bonds. The first-order valence-electron chi connectivity index (χ1n) is 6.83. The Morgan fingerprint density at radius 2 is 2.00 bits per heavy atom. The lowest BCUT2D eigenvalue weighted by atomic mass is 9.89. The van der Waals surface area contributed by atoms with Crippen LogP contribution in [-0.2, 0) is 6.42 Å². The summed E-state index contributed by atoms with van der Waals surface area (Å²) in [6.07, 6.45) is 9.36. The van der Waals surface area contributed by atoms with Crippen LogP contribution >= 0.6 is 0 Å². The van der Waals surface area contributed by atoms with Crippen molar-refractivity contribution in [3.05, 3.63) is 23.7 Å². The highest BCUT2D eigenvalue weighted by Crippen LogP contribution is 2.32. The van der Waals surface area contributed by atoms with E-state index in [1.165, 1.54) is 24.2 Å².